The average Bonchev–Trinajstić information content (AvgIpc) is 2.57. The van der Waals surface area contributed by atoms with E-state index in [4.69, 9.17) is 10.5 Å². The molecule has 0 amide bonds. The quantitative estimate of drug-likeness (QED) is 0.804. The van der Waals surface area contributed by atoms with E-state index in [1.54, 1.807) is 6.07 Å². The summed E-state index contributed by atoms with van der Waals surface area (Å²) < 4.78 is 5.88. The van der Waals surface area contributed by atoms with Crippen molar-refractivity contribution < 1.29 is 4.74 Å². The van der Waals surface area contributed by atoms with Crippen molar-refractivity contribution in [3.8, 4) is 5.75 Å². The van der Waals surface area contributed by atoms with E-state index in [1.165, 1.54) is 12.8 Å². The van der Waals surface area contributed by atoms with E-state index in [0.29, 0.717) is 23.3 Å². The molecule has 1 saturated heterocycles. The van der Waals surface area contributed by atoms with Crippen LogP contribution >= 0.6 is 0 Å². The molecule has 0 bridgehead atoms. The number of nitrogens with zero attached hydrogens (tertiary/aromatic N) is 1. The van der Waals surface area contributed by atoms with Crippen molar-refractivity contribution >= 4 is 16.7 Å². The zero-order chi connectivity index (χ0) is 16.7. The number of H-pyrrole nitrogens is 1. The van der Waals surface area contributed by atoms with E-state index in [2.05, 4.69) is 15.3 Å². The van der Waals surface area contributed by atoms with Crippen LogP contribution in [0.4, 0.5) is 5.82 Å². The van der Waals surface area contributed by atoms with Crippen LogP contribution < -0.4 is 21.5 Å². The first-order chi connectivity index (χ1) is 11.2. The minimum atomic E-state index is -0.438. The molecule has 6 heteroatoms. The summed E-state index contributed by atoms with van der Waals surface area (Å²) in [5, 5.41) is 4.04. The van der Waals surface area contributed by atoms with E-state index < -0.39 is 5.69 Å². The number of benzene rings is 1. The van der Waals surface area contributed by atoms with Gasteiger partial charge in [-0.15, -0.1) is 0 Å². The molecule has 0 spiro atoms. The summed E-state index contributed by atoms with van der Waals surface area (Å²) in [6.07, 6.45) is 3.45. The molecule has 1 aromatic carbocycles. The fourth-order valence-electron chi connectivity index (χ4n) is 2.83. The molecule has 1 aliphatic heterocycles. The number of piperidine rings is 1. The van der Waals surface area contributed by atoms with Crippen molar-refractivity contribution in [2.24, 2.45) is 5.92 Å². The Hall–Kier alpha value is -2.08. The van der Waals surface area contributed by atoms with Crippen LogP contribution in [0.25, 0.3) is 10.9 Å². The molecule has 1 fully saturated rings. The van der Waals surface area contributed by atoms with Crippen molar-refractivity contribution in [2.45, 2.75) is 33.1 Å². The van der Waals surface area contributed by atoms with Gasteiger partial charge in [0.1, 0.15) is 11.6 Å². The maximum atomic E-state index is 11.3. The number of fused-ring (bicyclic) bond motifs is 1. The SMILES string of the molecule is CC.Nc1nc(=O)[nH]c2cccc(OCCC3CCNCC3)c12. The van der Waals surface area contributed by atoms with Crippen LogP contribution in [0, 0.1) is 5.92 Å². The number of nitrogens with one attached hydrogen (secondary N) is 2. The molecule has 4 N–H and O–H groups in total. The molecule has 0 saturated carbocycles. The Morgan fingerprint density at radius 1 is 1.30 bits per heavy atom. The Bertz CT molecular complexity index is 678. The maximum absolute atomic E-state index is 11.3. The minimum absolute atomic E-state index is 0.214. The van der Waals surface area contributed by atoms with Gasteiger partial charge in [-0.3, -0.25) is 0 Å². The summed E-state index contributed by atoms with van der Waals surface area (Å²) in [6, 6.07) is 5.51. The number of aromatic nitrogens is 2. The van der Waals surface area contributed by atoms with E-state index in [0.717, 1.165) is 25.4 Å². The molecular formula is C17H26N4O2. The van der Waals surface area contributed by atoms with Crippen LogP contribution in [0.5, 0.6) is 5.75 Å². The first kappa shape index (κ1) is 17.3. The number of ether oxygens (including phenoxy) is 1. The monoisotopic (exact) mass is 318 g/mol. The third-order valence-corrected chi connectivity index (χ3v) is 3.99. The van der Waals surface area contributed by atoms with E-state index in [9.17, 15) is 4.79 Å². The molecule has 3 rings (SSSR count). The Labute approximate surface area is 136 Å². The highest BCUT2D eigenvalue weighted by atomic mass is 16.5. The second kappa shape index (κ2) is 8.53. The summed E-state index contributed by atoms with van der Waals surface area (Å²) >= 11 is 0. The number of hydrogen-bond acceptors (Lipinski definition) is 5. The van der Waals surface area contributed by atoms with Gasteiger partial charge in [0.15, 0.2) is 0 Å². The van der Waals surface area contributed by atoms with E-state index in [-0.39, 0.29) is 5.82 Å². The molecule has 6 nitrogen and oxygen atoms in total. The Balaban J connectivity index is 0.000000924. The molecule has 1 aliphatic rings. The molecule has 126 valence electrons. The third-order valence-electron chi connectivity index (χ3n) is 3.99. The lowest BCUT2D eigenvalue weighted by Crippen LogP contribution is -2.28. The Kier molecular flexibility index (Phi) is 6.40. The van der Waals surface area contributed by atoms with Gasteiger partial charge < -0.3 is 20.8 Å². The Morgan fingerprint density at radius 2 is 2.04 bits per heavy atom. The number of anilines is 1. The fourth-order valence-corrected chi connectivity index (χ4v) is 2.83. The number of nitrogen functional groups attached to an aromatic ring is 1. The van der Waals surface area contributed by atoms with Crippen LogP contribution in [0.2, 0.25) is 0 Å². The summed E-state index contributed by atoms with van der Waals surface area (Å²) in [7, 11) is 0. The minimum Gasteiger partial charge on any atom is -0.493 e. The average molecular weight is 318 g/mol. The standard InChI is InChI=1S/C15H20N4O2.C2H6/c16-14-13-11(18-15(20)19-14)2-1-3-12(13)21-9-6-10-4-7-17-8-5-10;1-2/h1-3,10,17H,4-9H2,(H3,16,18,19,20);1-2H3. The zero-order valence-corrected chi connectivity index (χ0v) is 13.9. The molecule has 0 unspecified atom stereocenters. The summed E-state index contributed by atoms with van der Waals surface area (Å²) in [5.74, 6) is 1.62. The fraction of sp³-hybridized carbons (Fsp3) is 0.529. The number of rotatable bonds is 4. The van der Waals surface area contributed by atoms with E-state index in [1.807, 2.05) is 26.0 Å². The number of nitrogens with two attached hydrogens (primary N) is 1. The molecule has 0 atom stereocenters. The second-order valence-corrected chi connectivity index (χ2v) is 5.44. The zero-order valence-electron chi connectivity index (χ0n) is 13.9. The summed E-state index contributed by atoms with van der Waals surface area (Å²) in [5.41, 5.74) is 6.07. The normalized spacial score (nSPS) is 15.0. The van der Waals surface area contributed by atoms with Crippen LogP contribution in [0.1, 0.15) is 33.1 Å². The predicted molar refractivity (Wildman–Crippen MR) is 93.8 cm³/mol. The van der Waals surface area contributed by atoms with Gasteiger partial charge >= 0.3 is 5.69 Å². The molecule has 0 radical (unpaired) electrons. The first-order valence-corrected chi connectivity index (χ1v) is 8.36. The lowest BCUT2D eigenvalue weighted by Gasteiger charge is -2.22. The molecule has 0 aliphatic carbocycles. The molecule has 1 aromatic heterocycles. The van der Waals surface area contributed by atoms with Crippen LogP contribution in [0.15, 0.2) is 23.0 Å². The lowest BCUT2D eigenvalue weighted by molar-refractivity contribution is 0.254. The smallest absolute Gasteiger partial charge is 0.347 e. The Morgan fingerprint density at radius 3 is 2.78 bits per heavy atom. The van der Waals surface area contributed by atoms with Crippen molar-refractivity contribution in [3.63, 3.8) is 0 Å². The highest BCUT2D eigenvalue weighted by Gasteiger charge is 2.14. The van der Waals surface area contributed by atoms with Crippen molar-refractivity contribution in [1.29, 1.82) is 0 Å². The summed E-state index contributed by atoms with van der Waals surface area (Å²) in [6.45, 7) is 6.84. The molecule has 23 heavy (non-hydrogen) atoms. The van der Waals surface area contributed by atoms with Gasteiger partial charge in [0.25, 0.3) is 0 Å². The lowest BCUT2D eigenvalue weighted by atomic mass is 9.95. The topological polar surface area (TPSA) is 93.0 Å². The van der Waals surface area contributed by atoms with Gasteiger partial charge in [0, 0.05) is 0 Å². The highest BCUT2D eigenvalue weighted by molar-refractivity contribution is 5.93. The van der Waals surface area contributed by atoms with Crippen molar-refractivity contribution in [2.75, 3.05) is 25.4 Å². The van der Waals surface area contributed by atoms with Gasteiger partial charge in [-0.25, -0.2) is 4.79 Å². The number of aromatic amines is 1. The first-order valence-electron chi connectivity index (χ1n) is 8.36. The van der Waals surface area contributed by atoms with Gasteiger partial charge in [-0.1, -0.05) is 19.9 Å². The predicted octanol–water partition coefficient (Wildman–Crippen LogP) is 2.30. The van der Waals surface area contributed by atoms with Crippen molar-refractivity contribution in [1.82, 2.24) is 15.3 Å². The molecule has 2 aromatic rings. The van der Waals surface area contributed by atoms with Gasteiger partial charge in [-0.05, 0) is 50.4 Å². The number of hydrogen-bond donors (Lipinski definition) is 3. The van der Waals surface area contributed by atoms with Crippen LogP contribution in [-0.4, -0.2) is 29.7 Å². The van der Waals surface area contributed by atoms with Crippen LogP contribution in [-0.2, 0) is 0 Å². The van der Waals surface area contributed by atoms with Gasteiger partial charge in [0.2, 0.25) is 0 Å². The van der Waals surface area contributed by atoms with Crippen LogP contribution in [0.3, 0.4) is 0 Å². The van der Waals surface area contributed by atoms with Gasteiger partial charge in [-0.2, -0.15) is 4.98 Å². The van der Waals surface area contributed by atoms with Crippen molar-refractivity contribution in [3.05, 3.63) is 28.7 Å². The van der Waals surface area contributed by atoms with Gasteiger partial charge in [0.05, 0.1) is 17.5 Å². The largest absolute Gasteiger partial charge is 0.493 e. The maximum Gasteiger partial charge on any atom is 0.347 e. The summed E-state index contributed by atoms with van der Waals surface area (Å²) in [4.78, 5) is 17.8. The third kappa shape index (κ3) is 4.45. The van der Waals surface area contributed by atoms with E-state index >= 15 is 0 Å². The molecular weight excluding hydrogens is 292 g/mol. The second-order valence-electron chi connectivity index (χ2n) is 5.44. The molecule has 2 heterocycles. The highest BCUT2D eigenvalue weighted by Crippen LogP contribution is 2.27.